The molecule has 0 spiro atoms. The Morgan fingerprint density at radius 2 is 1.61 bits per heavy atom. The van der Waals surface area contributed by atoms with E-state index in [2.05, 4.69) is 39.2 Å². The second-order valence-electron chi connectivity index (χ2n) is 8.15. The van der Waals surface area contributed by atoms with Crippen LogP contribution >= 0.6 is 11.6 Å². The van der Waals surface area contributed by atoms with Gasteiger partial charge in [0.05, 0.1) is 22.5 Å². The summed E-state index contributed by atoms with van der Waals surface area (Å²) in [6.07, 6.45) is 2.34. The highest BCUT2D eigenvalue weighted by Gasteiger charge is 2.26. The highest BCUT2D eigenvalue weighted by molar-refractivity contribution is 7.88. The van der Waals surface area contributed by atoms with Crippen molar-refractivity contribution in [1.29, 1.82) is 0 Å². The van der Waals surface area contributed by atoms with E-state index in [9.17, 15) is 8.42 Å². The van der Waals surface area contributed by atoms with E-state index in [1.807, 2.05) is 30.3 Å². The second kappa shape index (κ2) is 8.78. The second-order valence-corrected chi connectivity index (χ2v) is 10.5. The molecule has 1 fully saturated rings. The molecule has 33 heavy (non-hydrogen) atoms. The predicted molar refractivity (Wildman–Crippen MR) is 130 cm³/mol. The number of H-pyrrole nitrogens is 1. The zero-order valence-corrected chi connectivity index (χ0v) is 19.6. The molecule has 0 aliphatic carbocycles. The van der Waals surface area contributed by atoms with E-state index in [0.29, 0.717) is 53.8 Å². The summed E-state index contributed by atoms with van der Waals surface area (Å²) < 4.78 is 30.8. The van der Waals surface area contributed by atoms with E-state index in [1.165, 1.54) is 10.6 Å². The van der Waals surface area contributed by atoms with Crippen LogP contribution in [0.3, 0.4) is 0 Å². The van der Waals surface area contributed by atoms with E-state index < -0.39 is 10.0 Å². The van der Waals surface area contributed by atoms with E-state index >= 15 is 0 Å². The quantitative estimate of drug-likeness (QED) is 0.443. The first kappa shape index (κ1) is 21.9. The minimum atomic E-state index is -3.17. The summed E-state index contributed by atoms with van der Waals surface area (Å²) >= 11 is 6.54. The first-order valence-electron chi connectivity index (χ1n) is 10.7. The lowest BCUT2D eigenvalue weighted by Crippen LogP contribution is -2.41. The predicted octanol–water partition coefficient (Wildman–Crippen LogP) is 4.75. The van der Waals surface area contributed by atoms with Gasteiger partial charge in [0, 0.05) is 18.7 Å². The standard InChI is InChI=1S/C24H23ClN4O3S/c1-33(30,31)29-13-11-19(12-14-29)32-24-26-21-15-20(25)22(27-23(21)28-24)18-9-7-17(8-10-18)16-5-3-2-4-6-16/h2-10,15,19H,11-14H2,1H3,(H,26,27,28). The van der Waals surface area contributed by atoms with Gasteiger partial charge in [-0.1, -0.05) is 66.2 Å². The topological polar surface area (TPSA) is 88.2 Å². The molecule has 1 N–H and O–H groups in total. The fourth-order valence-corrected chi connectivity index (χ4v) is 5.18. The molecule has 0 amide bonds. The van der Waals surface area contributed by atoms with E-state index in [4.69, 9.17) is 16.3 Å². The van der Waals surface area contributed by atoms with Crippen LogP contribution in [0.1, 0.15) is 12.8 Å². The molecule has 0 atom stereocenters. The minimum absolute atomic E-state index is 0.107. The molecule has 9 heteroatoms. The van der Waals surface area contributed by atoms with Crippen LogP contribution < -0.4 is 4.74 Å². The lowest BCUT2D eigenvalue weighted by atomic mass is 10.0. The van der Waals surface area contributed by atoms with Crippen LogP contribution in [-0.4, -0.2) is 53.1 Å². The van der Waals surface area contributed by atoms with Gasteiger partial charge >= 0.3 is 0 Å². The summed E-state index contributed by atoms with van der Waals surface area (Å²) in [7, 11) is -3.17. The fraction of sp³-hybridized carbons (Fsp3) is 0.250. The van der Waals surface area contributed by atoms with E-state index in [1.54, 1.807) is 6.07 Å². The zero-order valence-electron chi connectivity index (χ0n) is 18.0. The number of piperidine rings is 1. The number of aromatic nitrogens is 3. The van der Waals surface area contributed by atoms with Gasteiger partial charge in [-0.25, -0.2) is 17.7 Å². The lowest BCUT2D eigenvalue weighted by Gasteiger charge is -2.29. The maximum Gasteiger partial charge on any atom is 0.296 e. The number of aromatic amines is 1. The maximum atomic E-state index is 11.7. The van der Waals surface area contributed by atoms with Gasteiger partial charge in [-0.3, -0.25) is 0 Å². The first-order valence-corrected chi connectivity index (χ1v) is 12.9. The van der Waals surface area contributed by atoms with Crippen molar-refractivity contribution in [3.63, 3.8) is 0 Å². The van der Waals surface area contributed by atoms with E-state index in [-0.39, 0.29) is 6.10 Å². The average molecular weight is 483 g/mol. The number of imidazole rings is 1. The number of nitrogens with zero attached hydrogens (tertiary/aromatic N) is 3. The van der Waals surface area contributed by atoms with Crippen LogP contribution in [-0.2, 0) is 10.0 Å². The molecule has 1 aliphatic heterocycles. The molecule has 170 valence electrons. The highest BCUT2D eigenvalue weighted by Crippen LogP contribution is 2.31. The smallest absolute Gasteiger partial charge is 0.296 e. The Hall–Kier alpha value is -2.94. The molecular formula is C24H23ClN4O3S. The fourth-order valence-electron chi connectivity index (χ4n) is 4.04. The summed E-state index contributed by atoms with van der Waals surface area (Å²) in [4.78, 5) is 12.3. The Morgan fingerprint density at radius 3 is 2.27 bits per heavy atom. The minimum Gasteiger partial charge on any atom is -0.461 e. The van der Waals surface area contributed by atoms with Crippen molar-refractivity contribution in [2.24, 2.45) is 0 Å². The number of fused-ring (bicyclic) bond motifs is 1. The summed E-state index contributed by atoms with van der Waals surface area (Å²) in [6.45, 7) is 0.883. The maximum absolute atomic E-state index is 11.7. The van der Waals surface area contributed by atoms with Crippen LogP contribution in [0.4, 0.5) is 0 Å². The third-order valence-electron chi connectivity index (χ3n) is 5.82. The third-order valence-corrected chi connectivity index (χ3v) is 7.41. The van der Waals surface area contributed by atoms with Gasteiger partial charge in [0.15, 0.2) is 5.65 Å². The molecule has 2 aromatic heterocycles. The van der Waals surface area contributed by atoms with Gasteiger partial charge in [-0.05, 0) is 30.0 Å². The van der Waals surface area contributed by atoms with Crippen LogP contribution in [0.15, 0.2) is 60.7 Å². The molecule has 1 saturated heterocycles. The molecule has 7 nitrogen and oxygen atoms in total. The number of halogens is 1. The number of pyridine rings is 1. The van der Waals surface area contributed by atoms with Crippen molar-refractivity contribution in [2.45, 2.75) is 18.9 Å². The number of ether oxygens (including phenoxy) is 1. The molecule has 1 aliphatic rings. The van der Waals surface area contributed by atoms with Gasteiger partial charge in [-0.2, -0.15) is 4.98 Å². The van der Waals surface area contributed by atoms with Crippen LogP contribution in [0.5, 0.6) is 6.01 Å². The van der Waals surface area contributed by atoms with Crippen molar-refractivity contribution < 1.29 is 13.2 Å². The monoisotopic (exact) mass is 482 g/mol. The van der Waals surface area contributed by atoms with Crippen molar-refractivity contribution in [3.05, 3.63) is 65.7 Å². The Kier molecular flexibility index (Phi) is 5.82. The van der Waals surface area contributed by atoms with Gasteiger partial charge < -0.3 is 9.72 Å². The molecule has 0 saturated carbocycles. The molecule has 4 aromatic rings. The molecular weight excluding hydrogens is 460 g/mol. The molecule has 5 rings (SSSR count). The molecule has 0 bridgehead atoms. The van der Waals surface area contributed by atoms with Crippen molar-refractivity contribution in [1.82, 2.24) is 19.3 Å². The number of hydrogen-bond acceptors (Lipinski definition) is 5. The van der Waals surface area contributed by atoms with Crippen LogP contribution in [0.2, 0.25) is 5.02 Å². The van der Waals surface area contributed by atoms with Gasteiger partial charge in [0.25, 0.3) is 6.01 Å². The summed E-state index contributed by atoms with van der Waals surface area (Å²) in [5.41, 5.74) is 5.03. The Bertz CT molecular complexity index is 1380. The van der Waals surface area contributed by atoms with E-state index in [0.717, 1.165) is 16.7 Å². The van der Waals surface area contributed by atoms with Gasteiger partial charge in [-0.15, -0.1) is 0 Å². The Morgan fingerprint density at radius 1 is 0.970 bits per heavy atom. The number of benzene rings is 2. The SMILES string of the molecule is CS(=O)(=O)N1CCC(Oc2nc3nc(-c4ccc(-c5ccccc5)cc4)c(Cl)cc3[nH]2)CC1. The number of hydrogen-bond donors (Lipinski definition) is 1. The lowest BCUT2D eigenvalue weighted by molar-refractivity contribution is 0.126. The Labute approximate surface area is 197 Å². The molecule has 2 aromatic carbocycles. The number of sulfonamides is 1. The molecule has 0 unspecified atom stereocenters. The molecule has 0 radical (unpaired) electrons. The summed E-state index contributed by atoms with van der Waals surface area (Å²) in [6, 6.07) is 20.4. The number of nitrogens with one attached hydrogen (secondary N) is 1. The molecule has 3 heterocycles. The summed E-state index contributed by atoms with van der Waals surface area (Å²) in [5, 5.41) is 0.520. The van der Waals surface area contributed by atoms with Crippen molar-refractivity contribution in [2.75, 3.05) is 19.3 Å². The van der Waals surface area contributed by atoms with Gasteiger partial charge in [0.2, 0.25) is 10.0 Å². The number of rotatable bonds is 5. The highest BCUT2D eigenvalue weighted by atomic mass is 35.5. The van der Waals surface area contributed by atoms with Crippen LogP contribution in [0.25, 0.3) is 33.5 Å². The Balaban J connectivity index is 1.34. The average Bonchev–Trinajstić information content (AvgIpc) is 3.20. The van der Waals surface area contributed by atoms with Crippen molar-refractivity contribution >= 4 is 32.8 Å². The summed E-state index contributed by atoms with van der Waals surface area (Å²) in [5.74, 6) is 0. The zero-order chi connectivity index (χ0) is 23.0. The van der Waals surface area contributed by atoms with Crippen molar-refractivity contribution in [3.8, 4) is 28.4 Å². The largest absolute Gasteiger partial charge is 0.461 e. The van der Waals surface area contributed by atoms with Gasteiger partial charge in [0.1, 0.15) is 6.10 Å². The third kappa shape index (κ3) is 4.73. The first-order chi connectivity index (χ1) is 15.9. The van der Waals surface area contributed by atoms with Crippen LogP contribution in [0, 0.1) is 0 Å². The normalized spacial score (nSPS) is 15.7.